The van der Waals surface area contributed by atoms with Crippen LogP contribution in [0.2, 0.25) is 5.02 Å². The van der Waals surface area contributed by atoms with Crippen LogP contribution in [0.15, 0.2) is 70.5 Å². The summed E-state index contributed by atoms with van der Waals surface area (Å²) in [5.41, 5.74) is 1.45. The Labute approximate surface area is 127 Å². The lowest BCUT2D eigenvalue weighted by Crippen LogP contribution is -2.12. The Morgan fingerprint density at radius 1 is 1.10 bits per heavy atom. The van der Waals surface area contributed by atoms with Crippen LogP contribution in [0.4, 0.5) is 5.69 Å². The predicted octanol–water partition coefficient (Wildman–Crippen LogP) is 4.97. The highest BCUT2D eigenvalue weighted by Gasteiger charge is 2.04. The molecule has 2 aromatic carbocycles. The number of rotatable bonds is 4. The number of anilines is 1. The van der Waals surface area contributed by atoms with E-state index in [0.717, 1.165) is 10.6 Å². The van der Waals surface area contributed by atoms with Gasteiger partial charge in [-0.3, -0.25) is 4.79 Å². The fourth-order valence-corrected chi connectivity index (χ4v) is 2.31. The van der Waals surface area contributed by atoms with Gasteiger partial charge in [-0.05, 0) is 48.7 Å². The Morgan fingerprint density at radius 3 is 2.40 bits per heavy atom. The highest BCUT2D eigenvalue weighted by atomic mass is 35.5. The molecule has 0 aromatic heterocycles. The van der Waals surface area contributed by atoms with Gasteiger partial charge in [0.05, 0.1) is 0 Å². The fraction of sp³-hybridized carbons (Fsp3) is 0.0625. The molecule has 0 saturated heterocycles. The van der Waals surface area contributed by atoms with Crippen LogP contribution in [0.25, 0.3) is 0 Å². The van der Waals surface area contributed by atoms with Crippen molar-refractivity contribution in [1.29, 1.82) is 0 Å². The monoisotopic (exact) mass is 303 g/mol. The van der Waals surface area contributed by atoms with Crippen molar-refractivity contribution in [3.63, 3.8) is 0 Å². The van der Waals surface area contributed by atoms with E-state index in [4.69, 9.17) is 11.6 Å². The summed E-state index contributed by atoms with van der Waals surface area (Å²) in [5, 5.41) is 5.39. The van der Waals surface area contributed by atoms with E-state index in [2.05, 4.69) is 5.32 Å². The molecule has 0 atom stereocenters. The third-order valence-corrected chi connectivity index (χ3v) is 3.84. The quantitative estimate of drug-likeness (QED) is 0.638. The van der Waals surface area contributed by atoms with Gasteiger partial charge in [0, 0.05) is 21.2 Å². The lowest BCUT2D eigenvalue weighted by Gasteiger charge is -2.05. The molecule has 0 heterocycles. The first-order valence-corrected chi connectivity index (χ1v) is 7.36. The van der Waals surface area contributed by atoms with Crippen molar-refractivity contribution in [1.82, 2.24) is 0 Å². The minimum absolute atomic E-state index is 0.0994. The standard InChI is InChI=1S/C16H14ClNOS/c1-12(11-20-15-9-7-13(17)8-10-15)16(19)18-14-5-3-2-4-6-14/h2-11H,1H3,(H,18,19)/b12-11+. The summed E-state index contributed by atoms with van der Waals surface area (Å²) < 4.78 is 0. The largest absolute Gasteiger partial charge is 0.322 e. The molecule has 2 aromatic rings. The second kappa shape index (κ2) is 7.17. The number of carbonyl (C=O) groups excluding carboxylic acids is 1. The van der Waals surface area contributed by atoms with Crippen LogP contribution in [0, 0.1) is 0 Å². The van der Waals surface area contributed by atoms with Gasteiger partial charge in [-0.25, -0.2) is 0 Å². The van der Waals surface area contributed by atoms with Gasteiger partial charge in [0.1, 0.15) is 0 Å². The molecule has 0 fully saturated rings. The molecule has 2 nitrogen and oxygen atoms in total. The number of halogens is 1. The fourth-order valence-electron chi connectivity index (χ4n) is 1.47. The van der Waals surface area contributed by atoms with Gasteiger partial charge in [0.2, 0.25) is 0 Å². The number of thioether (sulfide) groups is 1. The molecule has 0 aliphatic rings. The summed E-state index contributed by atoms with van der Waals surface area (Å²) >= 11 is 7.32. The highest BCUT2D eigenvalue weighted by molar-refractivity contribution is 8.02. The lowest BCUT2D eigenvalue weighted by atomic mass is 10.3. The predicted molar refractivity (Wildman–Crippen MR) is 86.1 cm³/mol. The van der Waals surface area contributed by atoms with Crippen molar-refractivity contribution >= 4 is 35.0 Å². The average Bonchev–Trinajstić information content (AvgIpc) is 2.47. The number of hydrogen-bond donors (Lipinski definition) is 1. The van der Waals surface area contributed by atoms with Gasteiger partial charge >= 0.3 is 0 Å². The van der Waals surface area contributed by atoms with E-state index in [-0.39, 0.29) is 5.91 Å². The Kier molecular flexibility index (Phi) is 5.27. The molecule has 0 spiro atoms. The van der Waals surface area contributed by atoms with E-state index < -0.39 is 0 Å². The number of hydrogen-bond acceptors (Lipinski definition) is 2. The topological polar surface area (TPSA) is 29.1 Å². The normalized spacial score (nSPS) is 11.2. The molecule has 0 saturated carbocycles. The lowest BCUT2D eigenvalue weighted by molar-refractivity contribution is -0.112. The molecule has 20 heavy (non-hydrogen) atoms. The molecular weight excluding hydrogens is 290 g/mol. The maximum atomic E-state index is 12.0. The zero-order valence-electron chi connectivity index (χ0n) is 11.0. The number of carbonyl (C=O) groups is 1. The number of amides is 1. The first-order chi connectivity index (χ1) is 9.65. The van der Waals surface area contributed by atoms with Gasteiger partial charge in [0.25, 0.3) is 5.91 Å². The van der Waals surface area contributed by atoms with E-state index in [1.165, 1.54) is 11.8 Å². The molecule has 0 radical (unpaired) electrons. The van der Waals surface area contributed by atoms with Crippen LogP contribution in [-0.2, 0) is 4.79 Å². The van der Waals surface area contributed by atoms with Crippen LogP contribution >= 0.6 is 23.4 Å². The molecule has 4 heteroatoms. The second-order valence-electron chi connectivity index (χ2n) is 4.19. The van der Waals surface area contributed by atoms with E-state index in [1.807, 2.05) is 60.0 Å². The Hall–Kier alpha value is -1.71. The van der Waals surface area contributed by atoms with Gasteiger partial charge in [0.15, 0.2) is 0 Å². The zero-order valence-corrected chi connectivity index (χ0v) is 12.5. The third-order valence-electron chi connectivity index (χ3n) is 2.58. The zero-order chi connectivity index (χ0) is 14.4. The van der Waals surface area contributed by atoms with E-state index in [1.54, 1.807) is 6.92 Å². The smallest absolute Gasteiger partial charge is 0.251 e. The highest BCUT2D eigenvalue weighted by Crippen LogP contribution is 2.22. The van der Waals surface area contributed by atoms with Crippen molar-refractivity contribution in [2.24, 2.45) is 0 Å². The maximum absolute atomic E-state index is 12.0. The van der Waals surface area contributed by atoms with Crippen molar-refractivity contribution in [3.8, 4) is 0 Å². The van der Waals surface area contributed by atoms with Crippen molar-refractivity contribution in [2.75, 3.05) is 5.32 Å². The van der Waals surface area contributed by atoms with Gasteiger partial charge in [-0.2, -0.15) is 0 Å². The van der Waals surface area contributed by atoms with Gasteiger partial charge in [-0.15, -0.1) is 0 Å². The van der Waals surface area contributed by atoms with E-state index in [9.17, 15) is 4.79 Å². The Balaban J connectivity index is 1.96. The van der Waals surface area contributed by atoms with Crippen molar-refractivity contribution in [2.45, 2.75) is 11.8 Å². The minimum Gasteiger partial charge on any atom is -0.322 e. The first-order valence-electron chi connectivity index (χ1n) is 6.10. The summed E-state index contributed by atoms with van der Waals surface area (Å²) in [7, 11) is 0. The molecule has 1 N–H and O–H groups in total. The van der Waals surface area contributed by atoms with Gasteiger partial charge < -0.3 is 5.32 Å². The maximum Gasteiger partial charge on any atom is 0.251 e. The summed E-state index contributed by atoms with van der Waals surface area (Å²) in [6.07, 6.45) is 0. The van der Waals surface area contributed by atoms with Crippen LogP contribution < -0.4 is 5.32 Å². The number of nitrogens with one attached hydrogen (secondary N) is 1. The number of benzene rings is 2. The van der Waals surface area contributed by atoms with Crippen LogP contribution in [-0.4, -0.2) is 5.91 Å². The van der Waals surface area contributed by atoms with Gasteiger partial charge in [-0.1, -0.05) is 41.6 Å². The minimum atomic E-state index is -0.0994. The van der Waals surface area contributed by atoms with Crippen LogP contribution in [0.3, 0.4) is 0 Å². The second-order valence-corrected chi connectivity index (χ2v) is 5.57. The van der Waals surface area contributed by atoms with Crippen LogP contribution in [0.1, 0.15) is 6.92 Å². The third kappa shape index (κ3) is 4.44. The van der Waals surface area contributed by atoms with E-state index >= 15 is 0 Å². The van der Waals surface area contributed by atoms with Crippen molar-refractivity contribution < 1.29 is 4.79 Å². The molecule has 0 bridgehead atoms. The average molecular weight is 304 g/mol. The Bertz CT molecular complexity index is 608. The number of para-hydroxylation sites is 1. The SMILES string of the molecule is C/C(=C\Sc1ccc(Cl)cc1)C(=O)Nc1ccccc1. The molecular formula is C16H14ClNOS. The molecule has 0 unspecified atom stereocenters. The van der Waals surface area contributed by atoms with Crippen molar-refractivity contribution in [3.05, 3.63) is 70.6 Å². The molecule has 0 aliphatic heterocycles. The first kappa shape index (κ1) is 14.7. The van der Waals surface area contributed by atoms with Crippen LogP contribution in [0.5, 0.6) is 0 Å². The summed E-state index contributed by atoms with van der Waals surface area (Å²) in [6, 6.07) is 16.9. The summed E-state index contributed by atoms with van der Waals surface area (Å²) in [5.74, 6) is -0.0994. The van der Waals surface area contributed by atoms with E-state index in [0.29, 0.717) is 10.6 Å². The summed E-state index contributed by atoms with van der Waals surface area (Å²) in [4.78, 5) is 13.0. The summed E-state index contributed by atoms with van der Waals surface area (Å²) in [6.45, 7) is 1.79. The molecule has 102 valence electrons. The molecule has 2 rings (SSSR count). The molecule has 0 aliphatic carbocycles. The molecule has 1 amide bonds. The Morgan fingerprint density at radius 2 is 1.75 bits per heavy atom.